The molecule has 4 rings (SSSR count). The summed E-state index contributed by atoms with van der Waals surface area (Å²) in [4.78, 5) is 65.1. The van der Waals surface area contributed by atoms with Crippen LogP contribution < -0.4 is 15.1 Å². The van der Waals surface area contributed by atoms with Crippen molar-refractivity contribution in [2.45, 2.75) is 63.3 Å². The van der Waals surface area contributed by atoms with Gasteiger partial charge in [0, 0.05) is 25.3 Å². The number of benzene rings is 1. The van der Waals surface area contributed by atoms with E-state index in [9.17, 15) is 38.3 Å². The topological polar surface area (TPSA) is 176 Å². The van der Waals surface area contributed by atoms with Crippen molar-refractivity contribution in [3.8, 4) is 5.75 Å². The molecule has 1 aromatic carbocycles. The van der Waals surface area contributed by atoms with Gasteiger partial charge in [-0.3, -0.25) is 13.9 Å². The molecule has 222 valence electrons. The number of unbranched alkanes of at least 4 members (excludes halogenated alkanes) is 1. The number of hydrogen-bond acceptors (Lipinski definition) is 7. The normalized spacial score (nSPS) is 18.4. The summed E-state index contributed by atoms with van der Waals surface area (Å²) in [5.74, 6) is -0.947. The van der Waals surface area contributed by atoms with Crippen LogP contribution in [0.1, 0.15) is 68.3 Å². The number of pyridine rings is 1. The molecule has 0 bridgehead atoms. The van der Waals surface area contributed by atoms with Crippen LogP contribution in [0.5, 0.6) is 5.75 Å². The second-order valence-electron chi connectivity index (χ2n) is 10.6. The van der Waals surface area contributed by atoms with Crippen LogP contribution in [-0.2, 0) is 13.9 Å². The fourth-order valence-electron chi connectivity index (χ4n) is 5.31. The van der Waals surface area contributed by atoms with E-state index in [1.807, 2.05) is 4.90 Å². The van der Waals surface area contributed by atoms with Crippen molar-refractivity contribution in [1.82, 2.24) is 4.57 Å². The summed E-state index contributed by atoms with van der Waals surface area (Å²) in [6.45, 7) is 3.16. The van der Waals surface area contributed by atoms with E-state index in [1.54, 1.807) is 4.57 Å². The lowest BCUT2D eigenvalue weighted by Crippen LogP contribution is -2.35. The minimum Gasteiger partial charge on any atom is -0.492 e. The van der Waals surface area contributed by atoms with Gasteiger partial charge in [0.05, 0.1) is 24.6 Å². The van der Waals surface area contributed by atoms with Crippen LogP contribution in [0.25, 0.3) is 10.9 Å². The Bertz CT molecular complexity index is 1410. The number of ether oxygens (including phenoxy) is 2. The van der Waals surface area contributed by atoms with Gasteiger partial charge in [-0.25, -0.2) is 9.18 Å². The zero-order valence-electron chi connectivity index (χ0n) is 22.4. The fourth-order valence-corrected chi connectivity index (χ4v) is 7.92. The maximum atomic E-state index is 15.6. The van der Waals surface area contributed by atoms with Crippen LogP contribution in [-0.4, -0.2) is 62.3 Å². The van der Waals surface area contributed by atoms with Crippen LogP contribution in [0.3, 0.4) is 0 Å². The van der Waals surface area contributed by atoms with Crippen molar-refractivity contribution in [3.05, 3.63) is 33.9 Å². The Labute approximate surface area is 230 Å². The highest BCUT2D eigenvalue weighted by atomic mass is 31.2. The van der Waals surface area contributed by atoms with E-state index in [2.05, 4.69) is 6.92 Å². The van der Waals surface area contributed by atoms with Gasteiger partial charge >= 0.3 is 21.2 Å². The molecule has 12 nitrogen and oxygen atoms in total. The zero-order valence-corrected chi connectivity index (χ0v) is 24.2. The summed E-state index contributed by atoms with van der Waals surface area (Å²) in [5, 5.41) is -2.14. The minimum absolute atomic E-state index is 0.000571. The molecular weight excluding hydrogens is 569 g/mol. The molecule has 1 saturated heterocycles. The number of rotatable bonds is 11. The molecule has 0 spiro atoms. The van der Waals surface area contributed by atoms with Crippen LogP contribution in [0, 0.1) is 11.7 Å². The molecular formula is C25H35FN2O10P2. The highest BCUT2D eigenvalue weighted by Crippen LogP contribution is 2.61. The Hall–Kier alpha value is -2.27. The molecule has 1 aliphatic heterocycles. The number of fused-ring (bicyclic) bond motifs is 1. The predicted molar refractivity (Wildman–Crippen MR) is 146 cm³/mol. The molecule has 2 aromatic rings. The molecule has 40 heavy (non-hydrogen) atoms. The molecule has 0 radical (unpaired) electrons. The minimum atomic E-state index is -5.04. The first-order valence-corrected chi connectivity index (χ1v) is 16.6. The van der Waals surface area contributed by atoms with Crippen molar-refractivity contribution >= 4 is 37.8 Å². The van der Waals surface area contributed by atoms with Gasteiger partial charge in [-0.2, -0.15) is 0 Å². The third-order valence-corrected chi connectivity index (χ3v) is 11.3. The van der Waals surface area contributed by atoms with E-state index >= 15 is 4.39 Å². The van der Waals surface area contributed by atoms with Gasteiger partial charge in [-0.15, -0.1) is 0 Å². The maximum absolute atomic E-state index is 15.6. The number of halogens is 1. The van der Waals surface area contributed by atoms with Crippen LogP contribution in [0.15, 0.2) is 17.1 Å². The predicted octanol–water partition coefficient (Wildman–Crippen LogP) is 3.73. The number of esters is 1. The summed E-state index contributed by atoms with van der Waals surface area (Å²) < 4.78 is 51.1. The Morgan fingerprint density at radius 1 is 1.15 bits per heavy atom. The lowest BCUT2D eigenvalue weighted by molar-refractivity contribution is 0.0495. The molecule has 2 fully saturated rings. The third-order valence-electron chi connectivity index (χ3n) is 7.40. The van der Waals surface area contributed by atoms with Gasteiger partial charge in [0.25, 0.3) is 0 Å². The molecule has 2 aliphatic rings. The molecule has 2 heterocycles. The molecule has 4 N–H and O–H groups in total. The van der Waals surface area contributed by atoms with Crippen LogP contribution >= 0.6 is 15.2 Å². The SMILES string of the molecule is COc1c(N2CCCC(C)C2)c(F)cc2c(=O)c(C(=O)OCCCCC(P(=O)(O)O)P(=O)(O)O)cn(C3CC3)c12. The van der Waals surface area contributed by atoms with Crippen molar-refractivity contribution in [2.24, 2.45) is 5.92 Å². The van der Waals surface area contributed by atoms with Gasteiger partial charge in [0.15, 0.2) is 17.0 Å². The van der Waals surface area contributed by atoms with Crippen molar-refractivity contribution in [1.29, 1.82) is 0 Å². The molecule has 1 saturated carbocycles. The van der Waals surface area contributed by atoms with E-state index in [0.717, 1.165) is 31.7 Å². The van der Waals surface area contributed by atoms with Crippen molar-refractivity contribution < 1.29 is 47.4 Å². The lowest BCUT2D eigenvalue weighted by Gasteiger charge is -2.34. The number of piperidine rings is 1. The van der Waals surface area contributed by atoms with Crippen LogP contribution in [0.4, 0.5) is 10.1 Å². The summed E-state index contributed by atoms with van der Waals surface area (Å²) in [7, 11) is -8.65. The monoisotopic (exact) mass is 604 g/mol. The van der Waals surface area contributed by atoms with E-state index < -0.39 is 44.2 Å². The first kappa shape index (κ1) is 30.7. The second-order valence-corrected chi connectivity index (χ2v) is 14.6. The van der Waals surface area contributed by atoms with Gasteiger partial charge in [0.2, 0.25) is 5.43 Å². The summed E-state index contributed by atoms with van der Waals surface area (Å²) >= 11 is 0. The van der Waals surface area contributed by atoms with E-state index in [1.165, 1.54) is 13.3 Å². The summed E-state index contributed by atoms with van der Waals surface area (Å²) in [6, 6.07) is 1.15. The standard InChI is InChI=1S/C25H35FN2O10P2/c1-15-6-5-10-27(13-15)22-19(26)12-17-21(24(22)37-2)28(16-8-9-16)14-18(23(17)29)25(30)38-11-4-3-7-20(39(31,32)33)40(34,35)36/h12,14-16,20H,3-11,13H2,1-2H3,(H2,31,32,33)(H2,34,35,36). The Kier molecular flexibility index (Phi) is 9.14. The summed E-state index contributed by atoms with van der Waals surface area (Å²) in [6.07, 6.45) is 4.50. The Morgan fingerprint density at radius 3 is 2.40 bits per heavy atom. The first-order valence-electron chi connectivity index (χ1n) is 13.2. The average Bonchev–Trinajstić information content (AvgIpc) is 3.69. The van der Waals surface area contributed by atoms with Gasteiger partial charge in [-0.05, 0) is 56.9 Å². The number of carbonyl (C=O) groups is 1. The number of anilines is 1. The average molecular weight is 605 g/mol. The fraction of sp³-hybridized carbons (Fsp3) is 0.600. The number of carbonyl (C=O) groups excluding carboxylic acids is 1. The number of aromatic nitrogens is 1. The lowest BCUT2D eigenvalue weighted by atomic mass is 9.99. The molecule has 0 amide bonds. The number of methoxy groups -OCH3 is 1. The number of nitrogens with zero attached hydrogens (tertiary/aromatic N) is 2. The maximum Gasteiger partial charge on any atom is 0.343 e. The Balaban J connectivity index is 1.58. The van der Waals surface area contributed by atoms with Gasteiger partial charge in [-0.1, -0.05) is 6.92 Å². The molecule has 1 atom stereocenters. The molecule has 15 heteroatoms. The van der Waals surface area contributed by atoms with Crippen molar-refractivity contribution in [3.63, 3.8) is 0 Å². The largest absolute Gasteiger partial charge is 0.492 e. The van der Waals surface area contributed by atoms with E-state index in [-0.39, 0.29) is 42.2 Å². The van der Waals surface area contributed by atoms with Gasteiger partial charge in [0.1, 0.15) is 11.3 Å². The molecule has 1 unspecified atom stereocenters. The first-order chi connectivity index (χ1) is 18.7. The highest BCUT2D eigenvalue weighted by molar-refractivity contribution is 7.70. The smallest absolute Gasteiger partial charge is 0.343 e. The van der Waals surface area contributed by atoms with E-state index in [4.69, 9.17) is 9.47 Å². The third kappa shape index (κ3) is 6.61. The molecule has 1 aromatic heterocycles. The van der Waals surface area contributed by atoms with Crippen molar-refractivity contribution in [2.75, 3.05) is 31.7 Å². The summed E-state index contributed by atoms with van der Waals surface area (Å²) in [5.41, 5.74) is -0.282. The second kappa shape index (κ2) is 11.9. The number of hydrogen-bond donors (Lipinski definition) is 4. The molecule has 1 aliphatic carbocycles. The zero-order chi connectivity index (χ0) is 29.4. The van der Waals surface area contributed by atoms with Gasteiger partial charge < -0.3 is 38.5 Å². The highest BCUT2D eigenvalue weighted by Gasteiger charge is 2.42. The van der Waals surface area contributed by atoms with E-state index in [0.29, 0.717) is 30.2 Å². The van der Waals surface area contributed by atoms with Crippen LogP contribution in [0.2, 0.25) is 0 Å². The Morgan fingerprint density at radius 2 is 1.82 bits per heavy atom. The quantitative estimate of drug-likeness (QED) is 0.167.